The molecule has 8 nitrogen and oxygen atoms in total. The molecule has 2 aromatic heterocycles. The van der Waals surface area contributed by atoms with Gasteiger partial charge < -0.3 is 11.1 Å². The average Bonchev–Trinajstić information content (AvgIpc) is 2.89. The summed E-state index contributed by atoms with van der Waals surface area (Å²) in [7, 11) is -4.09. The van der Waals surface area contributed by atoms with Gasteiger partial charge in [0.05, 0.1) is 28.8 Å². The number of nitrogens with one attached hydrogen (secondary N) is 2. The van der Waals surface area contributed by atoms with Crippen LogP contribution in [0.5, 0.6) is 0 Å². The topological polar surface area (TPSA) is 123 Å². The summed E-state index contributed by atoms with van der Waals surface area (Å²) in [6, 6.07) is 8.56. The van der Waals surface area contributed by atoms with Crippen LogP contribution in [0.1, 0.15) is 36.8 Å². The third kappa shape index (κ3) is 6.28. The van der Waals surface area contributed by atoms with E-state index in [1.807, 2.05) is 0 Å². The van der Waals surface area contributed by atoms with Crippen LogP contribution in [0.25, 0.3) is 22.3 Å². The van der Waals surface area contributed by atoms with Crippen LogP contribution >= 0.6 is 0 Å². The highest BCUT2D eigenvalue weighted by Gasteiger charge is 2.21. The Morgan fingerprint density at radius 3 is 2.41 bits per heavy atom. The van der Waals surface area contributed by atoms with Crippen molar-refractivity contribution < 1.29 is 21.6 Å². The van der Waals surface area contributed by atoms with Crippen molar-refractivity contribution >= 4 is 32.7 Å². The van der Waals surface area contributed by atoms with Crippen molar-refractivity contribution in [3.63, 3.8) is 0 Å². The fraction of sp³-hybridized carbons (Fsp3) is 0.296. The van der Waals surface area contributed by atoms with Crippen molar-refractivity contribution in [1.29, 1.82) is 0 Å². The summed E-state index contributed by atoms with van der Waals surface area (Å²) >= 11 is 0. The van der Waals surface area contributed by atoms with Gasteiger partial charge in [-0.2, -0.15) is 0 Å². The Labute approximate surface area is 223 Å². The summed E-state index contributed by atoms with van der Waals surface area (Å²) in [5.74, 6) is -2.42. The van der Waals surface area contributed by atoms with Crippen LogP contribution in [0.4, 0.5) is 24.8 Å². The number of pyridine rings is 1. The Morgan fingerprint density at radius 2 is 1.69 bits per heavy atom. The van der Waals surface area contributed by atoms with E-state index in [4.69, 9.17) is 5.73 Å². The van der Waals surface area contributed by atoms with E-state index in [1.165, 1.54) is 18.3 Å². The maximum Gasteiger partial charge on any atom is 0.237 e. The van der Waals surface area contributed by atoms with Gasteiger partial charge in [0, 0.05) is 23.7 Å². The minimum Gasteiger partial charge on any atom is -0.351 e. The quantitative estimate of drug-likeness (QED) is 0.291. The highest BCUT2D eigenvalue weighted by Crippen LogP contribution is 2.30. The van der Waals surface area contributed by atoms with Gasteiger partial charge in [-0.15, -0.1) is 0 Å². The molecule has 1 fully saturated rings. The smallest absolute Gasteiger partial charge is 0.237 e. The zero-order valence-corrected chi connectivity index (χ0v) is 21.9. The fourth-order valence-corrected chi connectivity index (χ4v) is 5.86. The largest absolute Gasteiger partial charge is 0.351 e. The normalized spacial score (nSPS) is 17.8. The predicted octanol–water partition coefficient (Wildman–Crippen LogP) is 5.04. The number of nitrogens with two attached hydrogens (primary N) is 1. The number of benzene rings is 2. The number of hydrogen-bond donors (Lipinski definition) is 3. The molecule has 4 aromatic rings. The van der Waals surface area contributed by atoms with Crippen LogP contribution in [-0.4, -0.2) is 35.5 Å². The summed E-state index contributed by atoms with van der Waals surface area (Å²) in [5.41, 5.74) is 7.42. The number of sulfonamides is 1. The van der Waals surface area contributed by atoms with E-state index < -0.39 is 38.9 Å². The Morgan fingerprint density at radius 1 is 0.974 bits per heavy atom. The van der Waals surface area contributed by atoms with E-state index in [0.717, 1.165) is 49.9 Å². The molecule has 1 aliphatic rings. The van der Waals surface area contributed by atoms with Gasteiger partial charge in [0.2, 0.25) is 16.0 Å². The van der Waals surface area contributed by atoms with Gasteiger partial charge >= 0.3 is 0 Å². The molecule has 1 aliphatic carbocycles. The molecule has 0 amide bonds. The van der Waals surface area contributed by atoms with Gasteiger partial charge in [0.1, 0.15) is 23.0 Å². The number of halogens is 3. The fourth-order valence-electron chi connectivity index (χ4n) is 4.66. The predicted molar refractivity (Wildman–Crippen MR) is 144 cm³/mol. The first-order valence-electron chi connectivity index (χ1n) is 12.5. The first kappa shape index (κ1) is 26.8. The molecular weight excluding hydrogens is 529 g/mol. The average molecular weight is 557 g/mol. The van der Waals surface area contributed by atoms with Crippen molar-refractivity contribution in [2.24, 2.45) is 5.73 Å². The summed E-state index contributed by atoms with van der Waals surface area (Å²) < 4.78 is 70.2. The van der Waals surface area contributed by atoms with Gasteiger partial charge in [-0.3, -0.25) is 4.72 Å². The standard InChI is InChI=1S/C27H27F3N6O2S/c1-15-10-23(34-25-13-32-27(35-26(15)25)33-19-8-6-18(31)7-9-19)20-11-22(30)24(12-21(20)29)36-39(37,38)14-16-2-4-17(28)5-3-16/h2-5,10-13,18-19,36H,6-9,14,31H2,1H3,(H,32,33,35)/t18-,19-. The summed E-state index contributed by atoms with van der Waals surface area (Å²) in [5, 5.41) is 3.34. The Bertz CT molecular complexity index is 1630. The molecule has 39 heavy (non-hydrogen) atoms. The SMILES string of the molecule is Cc1cc(-c2cc(F)c(NS(=O)(=O)Cc3ccc(F)cc3)cc2F)nc2cnc(N[C@H]3CC[C@H](N)CC3)nc12. The lowest BCUT2D eigenvalue weighted by atomic mass is 9.92. The second-order valence-electron chi connectivity index (χ2n) is 9.81. The number of fused-ring (bicyclic) bond motifs is 1. The molecule has 0 spiro atoms. The van der Waals surface area contributed by atoms with Crippen molar-refractivity contribution in [1.82, 2.24) is 15.0 Å². The van der Waals surface area contributed by atoms with Crippen molar-refractivity contribution in [2.75, 3.05) is 10.0 Å². The minimum atomic E-state index is -4.09. The van der Waals surface area contributed by atoms with E-state index in [9.17, 15) is 17.2 Å². The number of aromatic nitrogens is 3. The van der Waals surface area contributed by atoms with Crippen LogP contribution in [0, 0.1) is 24.4 Å². The third-order valence-corrected chi connectivity index (χ3v) is 7.95. The maximum absolute atomic E-state index is 15.1. The van der Waals surface area contributed by atoms with E-state index in [-0.39, 0.29) is 23.3 Å². The van der Waals surface area contributed by atoms with Crippen molar-refractivity contribution in [2.45, 2.75) is 50.4 Å². The van der Waals surface area contributed by atoms with Crippen molar-refractivity contribution in [3.8, 4) is 11.3 Å². The first-order chi connectivity index (χ1) is 18.6. The lowest BCUT2D eigenvalue weighted by Gasteiger charge is -2.26. The molecule has 2 heterocycles. The molecule has 0 atom stereocenters. The third-order valence-electron chi connectivity index (χ3n) is 6.71. The van der Waals surface area contributed by atoms with E-state index in [1.54, 1.807) is 13.0 Å². The molecule has 0 saturated heterocycles. The Hall–Kier alpha value is -3.77. The van der Waals surface area contributed by atoms with E-state index in [0.29, 0.717) is 28.1 Å². The highest BCUT2D eigenvalue weighted by molar-refractivity contribution is 7.91. The summed E-state index contributed by atoms with van der Waals surface area (Å²) in [4.78, 5) is 13.4. The molecule has 4 N–H and O–H groups in total. The second-order valence-corrected chi connectivity index (χ2v) is 11.5. The second kappa shape index (κ2) is 10.8. The first-order valence-corrected chi connectivity index (χ1v) is 14.1. The van der Waals surface area contributed by atoms with Gasteiger partial charge in [-0.1, -0.05) is 12.1 Å². The Balaban J connectivity index is 1.37. The van der Waals surface area contributed by atoms with Crippen molar-refractivity contribution in [3.05, 3.63) is 77.2 Å². The summed E-state index contributed by atoms with van der Waals surface area (Å²) in [6.07, 6.45) is 5.27. The molecule has 12 heteroatoms. The number of nitrogens with zero attached hydrogens (tertiary/aromatic N) is 3. The summed E-state index contributed by atoms with van der Waals surface area (Å²) in [6.45, 7) is 1.79. The maximum atomic E-state index is 15.1. The molecule has 1 saturated carbocycles. The monoisotopic (exact) mass is 556 g/mol. The molecule has 0 unspecified atom stereocenters. The number of aryl methyl sites for hydroxylation is 1. The van der Waals surface area contributed by atoms with Crippen LogP contribution in [0.3, 0.4) is 0 Å². The van der Waals surface area contributed by atoms with Gasteiger partial charge in [0.15, 0.2) is 0 Å². The number of rotatable bonds is 7. The molecule has 5 rings (SSSR count). The van der Waals surface area contributed by atoms with Gasteiger partial charge in [-0.25, -0.2) is 36.5 Å². The Kier molecular flexibility index (Phi) is 7.41. The zero-order chi connectivity index (χ0) is 27.7. The zero-order valence-electron chi connectivity index (χ0n) is 21.1. The minimum absolute atomic E-state index is 0.139. The van der Waals surface area contributed by atoms with Crippen LogP contribution in [0.15, 0.2) is 48.7 Å². The van der Waals surface area contributed by atoms with Crippen LogP contribution in [-0.2, 0) is 15.8 Å². The lowest BCUT2D eigenvalue weighted by Crippen LogP contribution is -2.33. The molecule has 0 bridgehead atoms. The van der Waals surface area contributed by atoms with Gasteiger partial charge in [0.25, 0.3) is 0 Å². The van der Waals surface area contributed by atoms with Gasteiger partial charge in [-0.05, 0) is 68.0 Å². The molecule has 204 valence electrons. The molecule has 0 aliphatic heterocycles. The number of anilines is 2. The van der Waals surface area contributed by atoms with E-state index in [2.05, 4.69) is 25.0 Å². The highest BCUT2D eigenvalue weighted by atomic mass is 32.2. The molecule has 0 radical (unpaired) electrons. The molecular formula is C27H27F3N6O2S. The van der Waals surface area contributed by atoms with Crippen LogP contribution in [0.2, 0.25) is 0 Å². The van der Waals surface area contributed by atoms with E-state index >= 15 is 4.39 Å². The number of hydrogen-bond acceptors (Lipinski definition) is 7. The lowest BCUT2D eigenvalue weighted by molar-refractivity contribution is 0.410. The van der Waals surface area contributed by atoms with Crippen LogP contribution < -0.4 is 15.8 Å². The molecule has 2 aromatic carbocycles.